The number of rotatable bonds is 4. The van der Waals surface area contributed by atoms with Crippen LogP contribution in [0, 0.1) is 11.6 Å². The van der Waals surface area contributed by atoms with E-state index in [4.69, 9.17) is 0 Å². The predicted molar refractivity (Wildman–Crippen MR) is 89.2 cm³/mol. The highest BCUT2D eigenvalue weighted by Gasteiger charge is 2.17. The normalized spacial score (nSPS) is 10.8. The molecule has 0 spiro atoms. The number of hydrogen-bond donors (Lipinski definition) is 1. The molecule has 0 aliphatic rings. The number of halogens is 2. The minimum Gasteiger partial charge on any atom is -0.346 e. The van der Waals surface area contributed by atoms with Crippen molar-refractivity contribution < 1.29 is 13.6 Å². The number of carbonyl (C=O) groups is 1. The molecule has 0 atom stereocenters. The smallest absolute Gasteiger partial charge is 0.276 e. The van der Waals surface area contributed by atoms with Crippen molar-refractivity contribution in [1.29, 1.82) is 0 Å². The van der Waals surface area contributed by atoms with Crippen LogP contribution in [0.5, 0.6) is 0 Å². The zero-order valence-electron chi connectivity index (χ0n) is 13.4. The zero-order valence-corrected chi connectivity index (χ0v) is 13.4. The molecule has 0 unspecified atom stereocenters. The SMILES string of the molecule is CCn1nc(C(=O)NCc2ccccc2F)c(=O)c2cc(F)ccc21. The molecular formula is C18H15F2N3O2. The molecule has 0 aliphatic carbocycles. The first-order valence-corrected chi connectivity index (χ1v) is 7.73. The first kappa shape index (κ1) is 16.8. The summed E-state index contributed by atoms with van der Waals surface area (Å²) in [5, 5.41) is 6.61. The number of nitrogens with zero attached hydrogens (tertiary/aromatic N) is 2. The molecule has 3 rings (SSSR count). The summed E-state index contributed by atoms with van der Waals surface area (Å²) in [6.07, 6.45) is 0. The van der Waals surface area contributed by atoms with Gasteiger partial charge in [0.25, 0.3) is 5.91 Å². The van der Waals surface area contributed by atoms with E-state index >= 15 is 0 Å². The van der Waals surface area contributed by atoms with Crippen molar-refractivity contribution in [2.75, 3.05) is 0 Å². The molecule has 0 fully saturated rings. The maximum absolute atomic E-state index is 13.6. The third kappa shape index (κ3) is 3.26. The highest BCUT2D eigenvalue weighted by Crippen LogP contribution is 2.12. The number of carbonyl (C=O) groups excluding carboxylic acids is 1. The first-order valence-electron chi connectivity index (χ1n) is 7.73. The van der Waals surface area contributed by atoms with Gasteiger partial charge in [-0.05, 0) is 31.2 Å². The second-order valence-corrected chi connectivity index (χ2v) is 5.43. The van der Waals surface area contributed by atoms with Crippen LogP contribution in [0.15, 0.2) is 47.3 Å². The Balaban J connectivity index is 1.97. The summed E-state index contributed by atoms with van der Waals surface area (Å²) < 4.78 is 28.6. The molecule has 0 bridgehead atoms. The zero-order chi connectivity index (χ0) is 18.0. The molecule has 3 aromatic rings. The van der Waals surface area contributed by atoms with Gasteiger partial charge in [0.15, 0.2) is 5.69 Å². The summed E-state index contributed by atoms with van der Waals surface area (Å²) in [7, 11) is 0. The number of aromatic nitrogens is 2. The van der Waals surface area contributed by atoms with E-state index in [0.29, 0.717) is 17.6 Å². The van der Waals surface area contributed by atoms with Crippen molar-refractivity contribution in [3.05, 3.63) is 75.6 Å². The Kier molecular flexibility index (Phi) is 4.56. The molecule has 1 aromatic heterocycles. The number of fused-ring (bicyclic) bond motifs is 1. The van der Waals surface area contributed by atoms with Crippen LogP contribution >= 0.6 is 0 Å². The van der Waals surface area contributed by atoms with E-state index in [0.717, 1.165) is 6.07 Å². The Hall–Kier alpha value is -3.09. The molecule has 1 amide bonds. The first-order chi connectivity index (χ1) is 12.0. The van der Waals surface area contributed by atoms with E-state index in [1.54, 1.807) is 19.1 Å². The summed E-state index contributed by atoms with van der Waals surface area (Å²) in [5.74, 6) is -1.76. The fourth-order valence-electron chi connectivity index (χ4n) is 2.55. The molecule has 7 heteroatoms. The predicted octanol–water partition coefficient (Wildman–Crippen LogP) is 2.62. The lowest BCUT2D eigenvalue weighted by molar-refractivity contribution is 0.0942. The molecule has 0 radical (unpaired) electrons. The second kappa shape index (κ2) is 6.80. The minimum absolute atomic E-state index is 0.0768. The van der Waals surface area contributed by atoms with E-state index < -0.39 is 23.0 Å². The Morgan fingerprint density at radius 2 is 1.96 bits per heavy atom. The van der Waals surface area contributed by atoms with E-state index in [-0.39, 0.29) is 17.6 Å². The molecule has 1 N–H and O–H groups in total. The molecule has 1 heterocycles. The van der Waals surface area contributed by atoms with Crippen molar-refractivity contribution in [3.63, 3.8) is 0 Å². The van der Waals surface area contributed by atoms with Gasteiger partial charge in [-0.25, -0.2) is 8.78 Å². The maximum Gasteiger partial charge on any atom is 0.276 e. The van der Waals surface area contributed by atoms with E-state index in [1.807, 2.05) is 0 Å². The van der Waals surface area contributed by atoms with Crippen LogP contribution < -0.4 is 10.7 Å². The van der Waals surface area contributed by atoms with Gasteiger partial charge in [0.2, 0.25) is 5.43 Å². The van der Waals surface area contributed by atoms with Crippen molar-refractivity contribution in [3.8, 4) is 0 Å². The van der Waals surface area contributed by atoms with Crippen LogP contribution in [0.4, 0.5) is 8.78 Å². The van der Waals surface area contributed by atoms with Gasteiger partial charge >= 0.3 is 0 Å². The molecule has 2 aromatic carbocycles. The molecular weight excluding hydrogens is 328 g/mol. The molecule has 0 saturated heterocycles. The molecule has 25 heavy (non-hydrogen) atoms. The monoisotopic (exact) mass is 343 g/mol. The molecule has 128 valence electrons. The minimum atomic E-state index is -0.735. The number of hydrogen-bond acceptors (Lipinski definition) is 3. The standard InChI is InChI=1S/C18H15F2N3O2/c1-2-23-15-8-7-12(19)9-13(15)17(24)16(22-23)18(25)21-10-11-5-3-4-6-14(11)20/h3-9H,2,10H2,1H3,(H,21,25). The van der Waals surface area contributed by atoms with Gasteiger partial charge in [0, 0.05) is 18.7 Å². The Bertz CT molecular complexity index is 1010. The van der Waals surface area contributed by atoms with E-state index in [2.05, 4.69) is 10.4 Å². The lowest BCUT2D eigenvalue weighted by Crippen LogP contribution is -2.32. The van der Waals surface area contributed by atoms with Crippen LogP contribution in [-0.2, 0) is 13.1 Å². The summed E-state index contributed by atoms with van der Waals surface area (Å²) in [4.78, 5) is 24.8. The van der Waals surface area contributed by atoms with Crippen LogP contribution in [0.2, 0.25) is 0 Å². The van der Waals surface area contributed by atoms with E-state index in [9.17, 15) is 18.4 Å². The van der Waals surface area contributed by atoms with Crippen LogP contribution in [0.3, 0.4) is 0 Å². The van der Waals surface area contributed by atoms with Gasteiger partial charge < -0.3 is 5.32 Å². The number of benzene rings is 2. The third-order valence-corrected chi connectivity index (χ3v) is 3.83. The maximum atomic E-state index is 13.6. The van der Waals surface area contributed by atoms with Crippen molar-refractivity contribution >= 4 is 16.8 Å². The largest absolute Gasteiger partial charge is 0.346 e. The van der Waals surface area contributed by atoms with E-state index in [1.165, 1.54) is 28.9 Å². The van der Waals surface area contributed by atoms with Gasteiger partial charge in [-0.3, -0.25) is 14.3 Å². The number of amides is 1. The van der Waals surface area contributed by atoms with Gasteiger partial charge in [0.05, 0.1) is 10.9 Å². The van der Waals surface area contributed by atoms with Crippen molar-refractivity contribution in [1.82, 2.24) is 15.1 Å². The highest BCUT2D eigenvalue weighted by molar-refractivity contribution is 5.95. The van der Waals surface area contributed by atoms with Gasteiger partial charge in [0.1, 0.15) is 11.6 Å². The fraction of sp³-hybridized carbons (Fsp3) is 0.167. The summed E-state index contributed by atoms with van der Waals surface area (Å²) in [6, 6.07) is 9.76. The third-order valence-electron chi connectivity index (χ3n) is 3.83. The van der Waals surface area contributed by atoms with Gasteiger partial charge in [-0.1, -0.05) is 18.2 Å². The topological polar surface area (TPSA) is 64.0 Å². The molecule has 5 nitrogen and oxygen atoms in total. The fourth-order valence-corrected chi connectivity index (χ4v) is 2.55. The number of nitrogens with one attached hydrogen (secondary N) is 1. The lowest BCUT2D eigenvalue weighted by Gasteiger charge is -2.11. The Morgan fingerprint density at radius 3 is 2.68 bits per heavy atom. The summed E-state index contributed by atoms with van der Waals surface area (Å²) in [5.41, 5.74) is -0.278. The second-order valence-electron chi connectivity index (χ2n) is 5.43. The quantitative estimate of drug-likeness (QED) is 0.792. The Morgan fingerprint density at radius 1 is 1.20 bits per heavy atom. The molecule has 0 saturated carbocycles. The molecule has 0 aliphatic heterocycles. The van der Waals surface area contributed by atoms with Crippen LogP contribution in [0.25, 0.3) is 10.9 Å². The van der Waals surface area contributed by atoms with Crippen LogP contribution in [-0.4, -0.2) is 15.7 Å². The highest BCUT2D eigenvalue weighted by atomic mass is 19.1. The summed E-state index contributed by atoms with van der Waals surface area (Å²) in [6.45, 7) is 2.11. The van der Waals surface area contributed by atoms with Crippen molar-refractivity contribution in [2.45, 2.75) is 20.0 Å². The average Bonchev–Trinajstić information content (AvgIpc) is 2.61. The Labute approximate surface area is 141 Å². The number of aryl methyl sites for hydroxylation is 1. The average molecular weight is 343 g/mol. The van der Waals surface area contributed by atoms with Crippen molar-refractivity contribution in [2.24, 2.45) is 0 Å². The van der Waals surface area contributed by atoms with Gasteiger partial charge in [-0.15, -0.1) is 0 Å². The lowest BCUT2D eigenvalue weighted by atomic mass is 10.1. The van der Waals surface area contributed by atoms with Crippen LogP contribution in [0.1, 0.15) is 23.0 Å². The van der Waals surface area contributed by atoms with Gasteiger partial charge in [-0.2, -0.15) is 5.10 Å². The summed E-state index contributed by atoms with van der Waals surface area (Å²) >= 11 is 0.